The van der Waals surface area contributed by atoms with Crippen LogP contribution in [0.1, 0.15) is 45.1 Å². The number of benzene rings is 1. The number of thiophene rings is 1. The van der Waals surface area contributed by atoms with Crippen LogP contribution in [0.15, 0.2) is 64.6 Å². The molecule has 7 nitrogen and oxygen atoms in total. The number of carbonyl (C=O) groups is 2. The monoisotopic (exact) mass is 419 g/mol. The molecule has 30 heavy (non-hydrogen) atoms. The molecule has 0 bridgehead atoms. The topological polar surface area (TPSA) is 88.4 Å². The van der Waals surface area contributed by atoms with Gasteiger partial charge in [-0.1, -0.05) is 6.07 Å². The minimum absolute atomic E-state index is 0.227. The van der Waals surface area contributed by atoms with E-state index in [4.69, 9.17) is 9.15 Å². The van der Waals surface area contributed by atoms with E-state index in [0.717, 1.165) is 16.1 Å². The van der Waals surface area contributed by atoms with E-state index in [2.05, 4.69) is 10.2 Å². The SMILES string of the molecule is CCOC(=O)c1ccc(N2C(=O)c3n[nH]c(-c4cccs4)c3C2c2ccco2)cc1. The molecule has 1 N–H and O–H groups in total. The van der Waals surface area contributed by atoms with Crippen molar-refractivity contribution in [2.24, 2.45) is 0 Å². The Morgan fingerprint density at radius 2 is 2.07 bits per heavy atom. The molecule has 1 aliphatic heterocycles. The number of H-pyrrole nitrogens is 1. The van der Waals surface area contributed by atoms with Crippen LogP contribution in [0.3, 0.4) is 0 Å². The quantitative estimate of drug-likeness (QED) is 0.476. The van der Waals surface area contributed by atoms with Crippen LogP contribution >= 0.6 is 11.3 Å². The molecule has 0 saturated heterocycles. The number of nitrogens with one attached hydrogen (secondary N) is 1. The Kier molecular flexibility index (Phi) is 4.48. The van der Waals surface area contributed by atoms with Gasteiger partial charge >= 0.3 is 5.97 Å². The Hall–Kier alpha value is -3.65. The average molecular weight is 419 g/mol. The van der Waals surface area contributed by atoms with Gasteiger partial charge in [0.1, 0.15) is 11.8 Å². The maximum atomic E-state index is 13.3. The van der Waals surface area contributed by atoms with Crippen molar-refractivity contribution in [3.05, 3.63) is 82.8 Å². The summed E-state index contributed by atoms with van der Waals surface area (Å²) in [6.07, 6.45) is 1.59. The first-order chi connectivity index (χ1) is 14.7. The molecule has 5 rings (SSSR count). The third kappa shape index (κ3) is 2.84. The zero-order chi connectivity index (χ0) is 20.7. The predicted octanol–water partition coefficient (Wildman–Crippen LogP) is 4.66. The van der Waals surface area contributed by atoms with Gasteiger partial charge in [-0.2, -0.15) is 5.10 Å². The number of carbonyl (C=O) groups excluding carboxylic acids is 2. The van der Waals surface area contributed by atoms with Gasteiger partial charge in [0.25, 0.3) is 5.91 Å². The summed E-state index contributed by atoms with van der Waals surface area (Å²) >= 11 is 1.57. The second-order valence-corrected chi connectivity index (χ2v) is 7.65. The fourth-order valence-corrected chi connectivity index (χ4v) is 4.44. The van der Waals surface area contributed by atoms with Crippen molar-refractivity contribution >= 4 is 28.9 Å². The van der Waals surface area contributed by atoms with Gasteiger partial charge in [-0.3, -0.25) is 14.8 Å². The van der Waals surface area contributed by atoms with Crippen molar-refractivity contribution in [3.63, 3.8) is 0 Å². The first kappa shape index (κ1) is 18.4. The molecule has 1 aliphatic rings. The van der Waals surface area contributed by atoms with Gasteiger partial charge in [0.2, 0.25) is 0 Å². The maximum absolute atomic E-state index is 13.3. The Morgan fingerprint density at radius 3 is 2.73 bits per heavy atom. The number of amides is 1. The standard InChI is InChI=1S/C22H17N3O4S/c1-2-28-22(27)13-7-9-14(10-8-13)25-20(15-5-3-11-29-15)17-18(16-6-4-12-30-16)23-24-19(17)21(25)26/h3-12,20H,2H2,1H3,(H,23,24). The minimum Gasteiger partial charge on any atom is -0.467 e. The zero-order valence-electron chi connectivity index (χ0n) is 16.0. The summed E-state index contributed by atoms with van der Waals surface area (Å²) in [5, 5.41) is 9.31. The number of hydrogen-bond donors (Lipinski definition) is 1. The fraction of sp³-hybridized carbons (Fsp3) is 0.136. The number of rotatable bonds is 5. The predicted molar refractivity (Wildman–Crippen MR) is 112 cm³/mol. The molecule has 1 atom stereocenters. The molecule has 4 aromatic rings. The van der Waals surface area contributed by atoms with E-state index in [1.165, 1.54) is 0 Å². The van der Waals surface area contributed by atoms with E-state index in [1.54, 1.807) is 59.8 Å². The lowest BCUT2D eigenvalue weighted by Gasteiger charge is -2.24. The summed E-state index contributed by atoms with van der Waals surface area (Å²) in [5.41, 5.74) is 3.03. The summed E-state index contributed by atoms with van der Waals surface area (Å²) < 4.78 is 10.7. The van der Waals surface area contributed by atoms with Gasteiger partial charge < -0.3 is 9.15 Å². The van der Waals surface area contributed by atoms with Crippen LogP contribution in [-0.2, 0) is 4.74 Å². The van der Waals surface area contributed by atoms with E-state index in [-0.39, 0.29) is 5.91 Å². The van der Waals surface area contributed by atoms with Crippen LogP contribution in [-0.4, -0.2) is 28.7 Å². The Labute approximate surface area is 175 Å². The van der Waals surface area contributed by atoms with Gasteiger partial charge in [0, 0.05) is 11.3 Å². The summed E-state index contributed by atoms with van der Waals surface area (Å²) in [6.45, 7) is 2.06. The molecule has 0 saturated carbocycles. The highest BCUT2D eigenvalue weighted by atomic mass is 32.1. The van der Waals surface area contributed by atoms with Gasteiger partial charge in [-0.15, -0.1) is 11.3 Å². The van der Waals surface area contributed by atoms with E-state index < -0.39 is 12.0 Å². The van der Waals surface area contributed by atoms with E-state index in [0.29, 0.717) is 29.3 Å². The molecule has 0 radical (unpaired) electrons. The van der Waals surface area contributed by atoms with Crippen LogP contribution in [0, 0.1) is 0 Å². The Bertz CT molecular complexity index is 1190. The summed E-state index contributed by atoms with van der Waals surface area (Å²) in [7, 11) is 0. The minimum atomic E-state index is -0.466. The third-order valence-electron chi connectivity index (χ3n) is 4.99. The molecule has 150 valence electrons. The van der Waals surface area contributed by atoms with Crippen molar-refractivity contribution < 1.29 is 18.7 Å². The number of anilines is 1. The number of hydrogen-bond acceptors (Lipinski definition) is 6. The molecule has 8 heteroatoms. The molecular formula is C22H17N3O4S. The first-order valence-corrected chi connectivity index (χ1v) is 10.3. The van der Waals surface area contributed by atoms with Gasteiger partial charge in [-0.25, -0.2) is 4.79 Å². The van der Waals surface area contributed by atoms with Crippen molar-refractivity contribution in [3.8, 4) is 10.6 Å². The Morgan fingerprint density at radius 1 is 1.23 bits per heavy atom. The highest BCUT2D eigenvalue weighted by Gasteiger charge is 2.44. The number of furan rings is 1. The molecule has 1 aromatic carbocycles. The van der Waals surface area contributed by atoms with Crippen LogP contribution in [0.2, 0.25) is 0 Å². The number of esters is 1. The number of ether oxygens (including phenoxy) is 1. The van der Waals surface area contributed by atoms with Gasteiger partial charge in [0.15, 0.2) is 5.69 Å². The molecule has 0 spiro atoms. The molecule has 4 heterocycles. The van der Waals surface area contributed by atoms with Gasteiger partial charge in [0.05, 0.1) is 29.0 Å². The van der Waals surface area contributed by atoms with Crippen molar-refractivity contribution in [2.45, 2.75) is 13.0 Å². The summed E-state index contributed by atoms with van der Waals surface area (Å²) in [4.78, 5) is 27.9. The third-order valence-corrected chi connectivity index (χ3v) is 5.88. The number of aromatic amines is 1. The smallest absolute Gasteiger partial charge is 0.338 e. The number of aromatic nitrogens is 2. The van der Waals surface area contributed by atoms with Gasteiger partial charge in [-0.05, 0) is 54.8 Å². The number of fused-ring (bicyclic) bond motifs is 1. The molecule has 1 unspecified atom stereocenters. The lowest BCUT2D eigenvalue weighted by Crippen LogP contribution is -2.29. The fourth-order valence-electron chi connectivity index (χ4n) is 3.70. The van der Waals surface area contributed by atoms with Crippen molar-refractivity contribution in [1.82, 2.24) is 10.2 Å². The second-order valence-electron chi connectivity index (χ2n) is 6.70. The molecule has 3 aromatic heterocycles. The molecular weight excluding hydrogens is 402 g/mol. The average Bonchev–Trinajstić information content (AvgIpc) is 3.54. The maximum Gasteiger partial charge on any atom is 0.338 e. The lowest BCUT2D eigenvalue weighted by molar-refractivity contribution is 0.0526. The van der Waals surface area contributed by atoms with Crippen LogP contribution in [0.4, 0.5) is 5.69 Å². The van der Waals surface area contributed by atoms with E-state index in [1.807, 2.05) is 23.6 Å². The lowest BCUT2D eigenvalue weighted by atomic mass is 10.0. The highest BCUT2D eigenvalue weighted by molar-refractivity contribution is 7.13. The zero-order valence-corrected chi connectivity index (χ0v) is 16.8. The van der Waals surface area contributed by atoms with Crippen LogP contribution in [0.25, 0.3) is 10.6 Å². The molecule has 0 fully saturated rings. The molecule has 0 aliphatic carbocycles. The Balaban J connectivity index is 1.60. The number of nitrogens with zero attached hydrogens (tertiary/aromatic N) is 2. The molecule has 1 amide bonds. The van der Waals surface area contributed by atoms with E-state index in [9.17, 15) is 9.59 Å². The largest absolute Gasteiger partial charge is 0.467 e. The van der Waals surface area contributed by atoms with Crippen LogP contribution < -0.4 is 4.90 Å². The normalized spacial score (nSPS) is 15.4. The summed E-state index contributed by atoms with van der Waals surface area (Å²) in [6, 6.07) is 13.9. The summed E-state index contributed by atoms with van der Waals surface area (Å²) in [5.74, 6) is 0.0117. The second kappa shape index (κ2) is 7.31. The van der Waals surface area contributed by atoms with Crippen molar-refractivity contribution in [2.75, 3.05) is 11.5 Å². The van der Waals surface area contributed by atoms with Crippen LogP contribution in [0.5, 0.6) is 0 Å². The van der Waals surface area contributed by atoms with E-state index >= 15 is 0 Å². The van der Waals surface area contributed by atoms with Crippen molar-refractivity contribution in [1.29, 1.82) is 0 Å². The first-order valence-electron chi connectivity index (χ1n) is 9.45. The highest BCUT2D eigenvalue weighted by Crippen LogP contribution is 2.45.